The van der Waals surface area contributed by atoms with Gasteiger partial charge in [0, 0.05) is 17.5 Å². The minimum absolute atomic E-state index is 0.0621. The minimum Gasteiger partial charge on any atom is -0.480 e. The lowest BCUT2D eigenvalue weighted by molar-refractivity contribution is -0.151. The summed E-state index contributed by atoms with van der Waals surface area (Å²) < 4.78 is 44.7. The molecule has 0 radical (unpaired) electrons. The fourth-order valence-electron chi connectivity index (χ4n) is 3.50. The van der Waals surface area contributed by atoms with Crippen molar-refractivity contribution in [3.8, 4) is 11.3 Å². The molecular formula is C21H22F3N3O4. The van der Waals surface area contributed by atoms with Crippen molar-refractivity contribution >= 4 is 11.9 Å². The number of fused-ring (bicyclic) bond motifs is 1. The molecule has 7 nitrogen and oxygen atoms in total. The maximum Gasteiger partial charge on any atom is 0.416 e. The normalized spacial score (nSPS) is 19.4. The van der Waals surface area contributed by atoms with Gasteiger partial charge in [-0.3, -0.25) is 9.59 Å². The number of carbonyl (C=O) groups is 2. The maximum absolute atomic E-state index is 13.0. The van der Waals surface area contributed by atoms with Crippen LogP contribution in [0.1, 0.15) is 49.1 Å². The number of esters is 1. The molecule has 31 heavy (non-hydrogen) atoms. The first-order valence-electron chi connectivity index (χ1n) is 9.76. The Morgan fingerprint density at radius 1 is 1.29 bits per heavy atom. The summed E-state index contributed by atoms with van der Waals surface area (Å²) in [5, 5.41) is 17.1. The van der Waals surface area contributed by atoms with Crippen molar-refractivity contribution in [3.63, 3.8) is 0 Å². The summed E-state index contributed by atoms with van der Waals surface area (Å²) in [5.74, 6) is -1.65. The number of aliphatic carboxylic acids is 1. The number of halogens is 3. The van der Waals surface area contributed by atoms with E-state index in [1.54, 1.807) is 6.07 Å². The standard InChI is InChI=1S/C21H22F3N3O4/c1-11-7-17-14(18(8-11)31-19(28)6-5-15(25)20(29)30)10-16(26-27-17)12-3-2-4-13(9-12)21(22,23)24/h2-4,9-11,15,18H,5-8,25H2,1H3,(H,29,30). The first kappa shape index (κ1) is 22.7. The van der Waals surface area contributed by atoms with Crippen LogP contribution in [0.25, 0.3) is 11.3 Å². The molecule has 0 amide bonds. The zero-order valence-corrected chi connectivity index (χ0v) is 16.7. The van der Waals surface area contributed by atoms with Gasteiger partial charge in [0.15, 0.2) is 0 Å². The number of benzene rings is 1. The molecule has 0 aliphatic heterocycles. The van der Waals surface area contributed by atoms with Crippen molar-refractivity contribution in [2.45, 2.75) is 50.9 Å². The Labute approximate surface area is 176 Å². The van der Waals surface area contributed by atoms with E-state index in [4.69, 9.17) is 15.6 Å². The molecule has 1 aromatic carbocycles. The van der Waals surface area contributed by atoms with Gasteiger partial charge < -0.3 is 15.6 Å². The quantitative estimate of drug-likeness (QED) is 0.665. The number of carboxylic acids is 1. The van der Waals surface area contributed by atoms with Gasteiger partial charge in [-0.15, -0.1) is 0 Å². The highest BCUT2D eigenvalue weighted by atomic mass is 19.4. The molecule has 0 fully saturated rings. The molecule has 3 unspecified atom stereocenters. The summed E-state index contributed by atoms with van der Waals surface area (Å²) in [5.41, 5.74) is 6.33. The fourth-order valence-corrected chi connectivity index (χ4v) is 3.50. The number of ether oxygens (including phenoxy) is 1. The van der Waals surface area contributed by atoms with Crippen LogP contribution in [-0.4, -0.2) is 33.3 Å². The van der Waals surface area contributed by atoms with E-state index in [2.05, 4.69) is 10.2 Å². The molecule has 1 heterocycles. The van der Waals surface area contributed by atoms with Crippen LogP contribution >= 0.6 is 0 Å². The largest absolute Gasteiger partial charge is 0.480 e. The van der Waals surface area contributed by atoms with Gasteiger partial charge in [0.2, 0.25) is 0 Å². The van der Waals surface area contributed by atoms with E-state index in [-0.39, 0.29) is 30.0 Å². The Morgan fingerprint density at radius 3 is 2.71 bits per heavy atom. The summed E-state index contributed by atoms with van der Waals surface area (Å²) in [4.78, 5) is 23.0. The van der Waals surface area contributed by atoms with Crippen LogP contribution in [-0.2, 0) is 26.9 Å². The smallest absolute Gasteiger partial charge is 0.416 e. The molecule has 3 N–H and O–H groups in total. The Bertz CT molecular complexity index is 981. The van der Waals surface area contributed by atoms with Crippen LogP contribution in [0.3, 0.4) is 0 Å². The lowest BCUT2D eigenvalue weighted by Gasteiger charge is -2.28. The molecule has 1 aliphatic rings. The van der Waals surface area contributed by atoms with E-state index in [9.17, 15) is 22.8 Å². The highest BCUT2D eigenvalue weighted by molar-refractivity contribution is 5.75. The SMILES string of the molecule is CC1Cc2nnc(-c3cccc(C(F)(F)F)c3)cc2C(OC(=O)CCC(N)C(=O)O)C1. The molecule has 0 saturated carbocycles. The average molecular weight is 437 g/mol. The second-order valence-corrected chi connectivity index (χ2v) is 7.72. The molecule has 0 bridgehead atoms. The average Bonchev–Trinajstić information content (AvgIpc) is 2.71. The van der Waals surface area contributed by atoms with Gasteiger partial charge in [-0.2, -0.15) is 23.4 Å². The second-order valence-electron chi connectivity index (χ2n) is 7.72. The topological polar surface area (TPSA) is 115 Å². The molecule has 1 aliphatic carbocycles. The highest BCUT2D eigenvalue weighted by Gasteiger charge is 2.32. The molecule has 3 rings (SSSR count). The molecule has 166 valence electrons. The summed E-state index contributed by atoms with van der Waals surface area (Å²) in [7, 11) is 0. The Hall–Kier alpha value is -3.01. The van der Waals surface area contributed by atoms with Crippen molar-refractivity contribution in [3.05, 3.63) is 47.2 Å². The number of alkyl halides is 3. The van der Waals surface area contributed by atoms with E-state index in [1.165, 1.54) is 12.1 Å². The van der Waals surface area contributed by atoms with Crippen molar-refractivity contribution in [2.24, 2.45) is 11.7 Å². The van der Waals surface area contributed by atoms with E-state index >= 15 is 0 Å². The number of aromatic nitrogens is 2. The second kappa shape index (κ2) is 9.01. The first-order valence-corrected chi connectivity index (χ1v) is 9.76. The van der Waals surface area contributed by atoms with Gasteiger partial charge in [-0.1, -0.05) is 19.1 Å². The van der Waals surface area contributed by atoms with Crippen molar-refractivity contribution in [2.75, 3.05) is 0 Å². The van der Waals surface area contributed by atoms with Gasteiger partial charge in [0.05, 0.1) is 17.0 Å². The van der Waals surface area contributed by atoms with Gasteiger partial charge >= 0.3 is 18.1 Å². The van der Waals surface area contributed by atoms with Gasteiger partial charge in [0.25, 0.3) is 0 Å². The van der Waals surface area contributed by atoms with Crippen LogP contribution in [0.2, 0.25) is 0 Å². The molecule has 3 atom stereocenters. The molecular weight excluding hydrogens is 415 g/mol. The van der Waals surface area contributed by atoms with Crippen LogP contribution in [0.5, 0.6) is 0 Å². The third kappa shape index (κ3) is 5.57. The number of hydrogen-bond donors (Lipinski definition) is 2. The summed E-state index contributed by atoms with van der Waals surface area (Å²) >= 11 is 0. The minimum atomic E-state index is -4.48. The molecule has 2 aromatic rings. The van der Waals surface area contributed by atoms with Gasteiger partial charge in [0.1, 0.15) is 12.1 Å². The van der Waals surface area contributed by atoms with Gasteiger partial charge in [-0.25, -0.2) is 0 Å². The number of hydrogen-bond acceptors (Lipinski definition) is 6. The van der Waals surface area contributed by atoms with E-state index in [0.717, 1.165) is 12.1 Å². The van der Waals surface area contributed by atoms with Crippen LogP contribution in [0.4, 0.5) is 13.2 Å². The maximum atomic E-state index is 13.0. The predicted molar refractivity (Wildman–Crippen MR) is 104 cm³/mol. The van der Waals surface area contributed by atoms with Crippen molar-refractivity contribution in [1.82, 2.24) is 10.2 Å². The summed E-state index contributed by atoms with van der Waals surface area (Å²) in [6.07, 6.45) is -4.24. The Morgan fingerprint density at radius 2 is 2.03 bits per heavy atom. The summed E-state index contributed by atoms with van der Waals surface area (Å²) in [6.45, 7) is 1.96. The molecule has 1 aromatic heterocycles. The zero-order valence-electron chi connectivity index (χ0n) is 16.7. The Kier molecular flexibility index (Phi) is 6.59. The third-order valence-electron chi connectivity index (χ3n) is 5.15. The number of nitrogens with zero attached hydrogens (tertiary/aromatic N) is 2. The zero-order chi connectivity index (χ0) is 22.8. The monoisotopic (exact) mass is 437 g/mol. The lowest BCUT2D eigenvalue weighted by Crippen LogP contribution is -2.31. The van der Waals surface area contributed by atoms with Crippen molar-refractivity contribution < 1.29 is 32.6 Å². The summed E-state index contributed by atoms with van der Waals surface area (Å²) in [6, 6.07) is 5.21. The Balaban J connectivity index is 1.84. The van der Waals surface area contributed by atoms with E-state index in [1.807, 2.05) is 6.92 Å². The van der Waals surface area contributed by atoms with Crippen molar-refractivity contribution in [1.29, 1.82) is 0 Å². The van der Waals surface area contributed by atoms with Crippen LogP contribution in [0, 0.1) is 5.92 Å². The molecule has 0 saturated heterocycles. The number of rotatable bonds is 6. The van der Waals surface area contributed by atoms with E-state index < -0.39 is 35.8 Å². The van der Waals surface area contributed by atoms with Gasteiger partial charge in [-0.05, 0) is 43.4 Å². The predicted octanol–water partition coefficient (Wildman–Crippen LogP) is 3.52. The lowest BCUT2D eigenvalue weighted by atomic mass is 9.85. The van der Waals surface area contributed by atoms with Crippen LogP contribution in [0.15, 0.2) is 30.3 Å². The first-order chi connectivity index (χ1) is 14.5. The number of carbonyl (C=O) groups excluding carboxylic acids is 1. The van der Waals surface area contributed by atoms with Crippen LogP contribution < -0.4 is 5.73 Å². The molecule has 10 heteroatoms. The highest BCUT2D eigenvalue weighted by Crippen LogP contribution is 2.37. The fraction of sp³-hybridized carbons (Fsp3) is 0.429. The number of carboxylic acid groups (broad SMARTS) is 1. The third-order valence-corrected chi connectivity index (χ3v) is 5.15. The van der Waals surface area contributed by atoms with E-state index in [0.29, 0.717) is 24.1 Å². The number of nitrogens with two attached hydrogens (primary N) is 1. The molecule has 0 spiro atoms.